The van der Waals surface area contributed by atoms with Crippen LogP contribution in [0.5, 0.6) is 0 Å². The summed E-state index contributed by atoms with van der Waals surface area (Å²) < 4.78 is 10.9. The van der Waals surface area contributed by atoms with Gasteiger partial charge in [0, 0.05) is 0 Å². The van der Waals surface area contributed by atoms with Crippen LogP contribution in [0.3, 0.4) is 0 Å². The summed E-state index contributed by atoms with van der Waals surface area (Å²) in [6.07, 6.45) is -0.246. The van der Waals surface area contributed by atoms with E-state index in [0.29, 0.717) is 6.54 Å². The molecule has 1 amide bonds. The van der Waals surface area contributed by atoms with Crippen LogP contribution >= 0.6 is 0 Å². The molecule has 0 aromatic carbocycles. The summed E-state index contributed by atoms with van der Waals surface area (Å²) in [5.41, 5.74) is -1.03. The van der Waals surface area contributed by atoms with Gasteiger partial charge in [-0.25, -0.2) is 4.79 Å². The van der Waals surface area contributed by atoms with Gasteiger partial charge in [-0.05, 0) is 41.5 Å². The van der Waals surface area contributed by atoms with E-state index in [9.17, 15) is 4.79 Å². The molecule has 0 spiro atoms. The third-order valence-electron chi connectivity index (χ3n) is 2.19. The first-order chi connectivity index (χ1) is 6.62. The Bertz CT molecular complexity index is 255. The summed E-state index contributed by atoms with van der Waals surface area (Å²) in [7, 11) is 0. The Morgan fingerprint density at radius 3 is 2.33 bits per heavy atom. The van der Waals surface area contributed by atoms with Crippen molar-refractivity contribution < 1.29 is 14.3 Å². The van der Waals surface area contributed by atoms with Gasteiger partial charge in [-0.3, -0.25) is 4.90 Å². The molecule has 1 rings (SSSR count). The summed E-state index contributed by atoms with van der Waals surface area (Å²) >= 11 is 0. The van der Waals surface area contributed by atoms with Gasteiger partial charge in [-0.2, -0.15) is 0 Å². The van der Waals surface area contributed by atoms with Crippen LogP contribution in [0.4, 0.5) is 4.79 Å². The highest BCUT2D eigenvalue weighted by Crippen LogP contribution is 2.28. The van der Waals surface area contributed by atoms with Gasteiger partial charge in [-0.15, -0.1) is 0 Å². The van der Waals surface area contributed by atoms with E-state index in [1.807, 2.05) is 41.5 Å². The number of hydrogen-bond acceptors (Lipinski definition) is 3. The molecule has 1 aliphatic heterocycles. The highest BCUT2D eigenvalue weighted by molar-refractivity contribution is 5.69. The second-order valence-corrected chi connectivity index (χ2v) is 5.47. The lowest BCUT2D eigenvalue weighted by Crippen LogP contribution is -2.46. The molecule has 4 heteroatoms. The van der Waals surface area contributed by atoms with Crippen molar-refractivity contribution >= 4 is 6.09 Å². The standard InChI is InChI=1S/C11H21NO3/c1-8-7-12(11(5,6)14-8)9(13)15-10(2,3)4/h8H,7H2,1-6H3. The van der Waals surface area contributed by atoms with Crippen molar-refractivity contribution in [1.82, 2.24) is 4.90 Å². The molecule has 0 radical (unpaired) electrons. The van der Waals surface area contributed by atoms with Gasteiger partial charge in [0.25, 0.3) is 0 Å². The minimum atomic E-state index is -0.568. The maximum absolute atomic E-state index is 11.8. The van der Waals surface area contributed by atoms with Crippen LogP contribution in [0.15, 0.2) is 0 Å². The Hall–Kier alpha value is -0.770. The lowest BCUT2D eigenvalue weighted by atomic mass is 10.2. The van der Waals surface area contributed by atoms with E-state index in [2.05, 4.69) is 0 Å². The fourth-order valence-corrected chi connectivity index (χ4v) is 1.68. The maximum Gasteiger partial charge on any atom is 0.412 e. The summed E-state index contributed by atoms with van der Waals surface area (Å²) in [6.45, 7) is 11.9. The molecular formula is C11H21NO3. The van der Waals surface area contributed by atoms with Crippen LogP contribution in [-0.2, 0) is 9.47 Å². The Kier molecular flexibility index (Phi) is 3.01. The number of ether oxygens (including phenoxy) is 2. The second kappa shape index (κ2) is 3.67. The number of amides is 1. The van der Waals surface area contributed by atoms with Crippen molar-refractivity contribution in [3.05, 3.63) is 0 Å². The minimum absolute atomic E-state index is 0.0625. The molecule has 4 nitrogen and oxygen atoms in total. The van der Waals surface area contributed by atoms with Gasteiger partial charge in [0.1, 0.15) is 11.3 Å². The summed E-state index contributed by atoms with van der Waals surface area (Å²) in [5, 5.41) is 0. The topological polar surface area (TPSA) is 38.8 Å². The third-order valence-corrected chi connectivity index (χ3v) is 2.19. The van der Waals surface area contributed by atoms with Crippen molar-refractivity contribution in [3.8, 4) is 0 Å². The van der Waals surface area contributed by atoms with Crippen molar-refractivity contribution in [2.75, 3.05) is 6.54 Å². The average Bonchev–Trinajstić information content (AvgIpc) is 2.20. The van der Waals surface area contributed by atoms with Gasteiger partial charge < -0.3 is 9.47 Å². The molecule has 0 bridgehead atoms. The fourth-order valence-electron chi connectivity index (χ4n) is 1.68. The van der Waals surface area contributed by atoms with Crippen LogP contribution < -0.4 is 0 Å². The third kappa shape index (κ3) is 3.09. The number of hydrogen-bond donors (Lipinski definition) is 0. The molecule has 1 unspecified atom stereocenters. The first-order valence-corrected chi connectivity index (χ1v) is 5.30. The lowest BCUT2D eigenvalue weighted by molar-refractivity contribution is -0.0745. The zero-order chi connectivity index (χ0) is 11.9. The van der Waals surface area contributed by atoms with E-state index in [0.717, 1.165) is 0 Å². The Morgan fingerprint density at radius 2 is 2.00 bits per heavy atom. The van der Waals surface area contributed by atoms with E-state index in [4.69, 9.17) is 9.47 Å². The molecule has 0 aliphatic carbocycles. The van der Waals surface area contributed by atoms with Crippen LogP contribution in [-0.4, -0.2) is 35.0 Å². The monoisotopic (exact) mass is 215 g/mol. The molecule has 1 atom stereocenters. The highest BCUT2D eigenvalue weighted by Gasteiger charge is 2.42. The normalized spacial score (nSPS) is 25.5. The van der Waals surface area contributed by atoms with E-state index < -0.39 is 11.3 Å². The molecule has 15 heavy (non-hydrogen) atoms. The van der Waals surface area contributed by atoms with E-state index in [1.54, 1.807) is 4.90 Å². The molecule has 88 valence electrons. The molecule has 1 fully saturated rings. The summed E-state index contributed by atoms with van der Waals surface area (Å²) in [6, 6.07) is 0. The van der Waals surface area contributed by atoms with Gasteiger partial charge in [0.15, 0.2) is 0 Å². The number of nitrogens with zero attached hydrogens (tertiary/aromatic N) is 1. The van der Waals surface area contributed by atoms with E-state index in [-0.39, 0.29) is 12.2 Å². The molecule has 0 aromatic heterocycles. The van der Waals surface area contributed by atoms with Crippen molar-refractivity contribution in [1.29, 1.82) is 0 Å². The van der Waals surface area contributed by atoms with Crippen LogP contribution in [0.2, 0.25) is 0 Å². The van der Waals surface area contributed by atoms with Gasteiger partial charge in [-0.1, -0.05) is 0 Å². The quantitative estimate of drug-likeness (QED) is 0.622. The Morgan fingerprint density at radius 1 is 1.47 bits per heavy atom. The summed E-state index contributed by atoms with van der Waals surface area (Å²) in [5.74, 6) is 0. The highest BCUT2D eigenvalue weighted by atomic mass is 16.6. The SMILES string of the molecule is CC1CN(C(=O)OC(C)(C)C)C(C)(C)O1. The second-order valence-electron chi connectivity index (χ2n) is 5.47. The molecule has 1 saturated heterocycles. The molecule has 0 N–H and O–H groups in total. The van der Waals surface area contributed by atoms with Gasteiger partial charge >= 0.3 is 6.09 Å². The van der Waals surface area contributed by atoms with Gasteiger partial charge in [0.2, 0.25) is 0 Å². The van der Waals surface area contributed by atoms with E-state index in [1.165, 1.54) is 0 Å². The zero-order valence-electron chi connectivity index (χ0n) is 10.5. The van der Waals surface area contributed by atoms with Crippen molar-refractivity contribution in [3.63, 3.8) is 0 Å². The lowest BCUT2D eigenvalue weighted by Gasteiger charge is -2.31. The molecule has 1 aliphatic rings. The first-order valence-electron chi connectivity index (χ1n) is 5.30. The van der Waals surface area contributed by atoms with E-state index >= 15 is 0 Å². The number of carbonyl (C=O) groups is 1. The van der Waals surface area contributed by atoms with Crippen molar-refractivity contribution in [2.24, 2.45) is 0 Å². The van der Waals surface area contributed by atoms with Crippen LogP contribution in [0.25, 0.3) is 0 Å². The predicted molar refractivity (Wildman–Crippen MR) is 57.6 cm³/mol. The predicted octanol–water partition coefficient (Wildman–Crippen LogP) is 2.38. The Balaban J connectivity index is 2.68. The minimum Gasteiger partial charge on any atom is -0.444 e. The summed E-state index contributed by atoms with van der Waals surface area (Å²) in [4.78, 5) is 13.5. The van der Waals surface area contributed by atoms with Crippen molar-refractivity contribution in [2.45, 2.75) is 59.0 Å². The molecule has 0 aromatic rings. The zero-order valence-corrected chi connectivity index (χ0v) is 10.5. The van der Waals surface area contributed by atoms with Gasteiger partial charge in [0.05, 0.1) is 12.6 Å². The van der Waals surface area contributed by atoms with Crippen LogP contribution in [0, 0.1) is 0 Å². The van der Waals surface area contributed by atoms with Crippen LogP contribution in [0.1, 0.15) is 41.5 Å². The maximum atomic E-state index is 11.8. The smallest absolute Gasteiger partial charge is 0.412 e. The number of rotatable bonds is 0. The molecule has 0 saturated carbocycles. The molecular weight excluding hydrogens is 194 g/mol. The Labute approximate surface area is 91.5 Å². The average molecular weight is 215 g/mol. The first kappa shape index (κ1) is 12.3. The number of carbonyl (C=O) groups excluding carboxylic acids is 1. The molecule has 1 heterocycles. The fraction of sp³-hybridized carbons (Fsp3) is 0.909. The largest absolute Gasteiger partial charge is 0.444 e.